The number of halogens is 5. The Balaban J connectivity index is 2.78. The number of hydrogen-bond donors (Lipinski definition) is 2. The lowest BCUT2D eigenvalue weighted by Gasteiger charge is -2.35. The van der Waals surface area contributed by atoms with Crippen molar-refractivity contribution in [1.82, 2.24) is 0 Å². The zero-order valence-electron chi connectivity index (χ0n) is 14.5. The molecule has 0 amide bonds. The average molecular weight is 422 g/mol. The van der Waals surface area contributed by atoms with Crippen molar-refractivity contribution in [3.8, 4) is 5.75 Å². The number of phenolic OH excluding ortho intramolecular Hbond substituents is 1. The number of aromatic hydroxyl groups is 1. The van der Waals surface area contributed by atoms with E-state index >= 15 is 0 Å². The van der Waals surface area contributed by atoms with Crippen LogP contribution in [0.3, 0.4) is 0 Å². The van der Waals surface area contributed by atoms with Gasteiger partial charge in [-0.3, -0.25) is 0 Å². The van der Waals surface area contributed by atoms with Gasteiger partial charge in [-0.15, -0.1) is 0 Å². The Morgan fingerprint density at radius 1 is 1.07 bits per heavy atom. The van der Waals surface area contributed by atoms with Crippen molar-refractivity contribution in [1.29, 1.82) is 0 Å². The van der Waals surface area contributed by atoms with Crippen molar-refractivity contribution in [3.05, 3.63) is 57.1 Å². The summed E-state index contributed by atoms with van der Waals surface area (Å²) < 4.78 is 47.2. The maximum Gasteiger partial charge on any atom is 0.426 e. The molecule has 0 heterocycles. The highest BCUT2D eigenvalue weighted by atomic mass is 35.5. The van der Waals surface area contributed by atoms with Crippen LogP contribution in [0.4, 0.5) is 18.9 Å². The molecule has 0 radical (unpaired) electrons. The number of benzene rings is 2. The Morgan fingerprint density at radius 2 is 1.63 bits per heavy atom. The number of nitrogens with one attached hydrogen (secondary N) is 1. The minimum absolute atomic E-state index is 0.0145. The van der Waals surface area contributed by atoms with E-state index in [9.17, 15) is 23.1 Å². The Morgan fingerprint density at radius 3 is 2.07 bits per heavy atom. The highest BCUT2D eigenvalue weighted by Gasteiger charge is 2.63. The fourth-order valence-corrected chi connectivity index (χ4v) is 3.01. The molecular weight excluding hydrogens is 406 g/mol. The van der Waals surface area contributed by atoms with E-state index in [1.165, 1.54) is 32.0 Å². The first-order valence-electron chi connectivity index (χ1n) is 7.63. The van der Waals surface area contributed by atoms with Gasteiger partial charge in [0.05, 0.1) is 17.2 Å². The zero-order chi connectivity index (χ0) is 20.6. The lowest BCUT2D eigenvalue weighted by Crippen LogP contribution is -2.55. The molecule has 146 valence electrons. The summed E-state index contributed by atoms with van der Waals surface area (Å²) in [6.45, 7) is 2.87. The van der Waals surface area contributed by atoms with Gasteiger partial charge in [-0.1, -0.05) is 23.2 Å². The predicted molar refractivity (Wildman–Crippen MR) is 97.4 cm³/mol. The highest BCUT2D eigenvalue weighted by molar-refractivity contribution is 6.42. The Hall–Kier alpha value is -2.12. The van der Waals surface area contributed by atoms with Gasteiger partial charge < -0.3 is 15.2 Å². The Kier molecular flexibility index (Phi) is 5.87. The average Bonchev–Trinajstić information content (AvgIpc) is 2.58. The van der Waals surface area contributed by atoms with E-state index < -0.39 is 23.2 Å². The molecule has 0 fully saturated rings. The summed E-state index contributed by atoms with van der Waals surface area (Å²) >= 11 is 11.7. The third kappa shape index (κ3) is 3.80. The van der Waals surface area contributed by atoms with Gasteiger partial charge in [0.2, 0.25) is 0 Å². The topological polar surface area (TPSA) is 58.6 Å². The molecule has 0 saturated carbocycles. The smallest absolute Gasteiger partial charge is 0.426 e. The molecule has 27 heavy (non-hydrogen) atoms. The van der Waals surface area contributed by atoms with Gasteiger partial charge >= 0.3 is 12.1 Å². The van der Waals surface area contributed by atoms with Crippen LogP contribution in [0.1, 0.15) is 16.7 Å². The maximum absolute atomic E-state index is 14.2. The Labute approximate surface area is 163 Å². The van der Waals surface area contributed by atoms with Gasteiger partial charge in [0.1, 0.15) is 5.75 Å². The molecule has 9 heteroatoms. The molecule has 0 aliphatic carbocycles. The van der Waals surface area contributed by atoms with Crippen molar-refractivity contribution < 1.29 is 27.8 Å². The van der Waals surface area contributed by atoms with Crippen LogP contribution in [0.2, 0.25) is 10.0 Å². The Bertz CT molecular complexity index is 864. The lowest BCUT2D eigenvalue weighted by atomic mass is 9.86. The molecule has 4 nitrogen and oxygen atoms in total. The van der Waals surface area contributed by atoms with Gasteiger partial charge in [-0.05, 0) is 60.9 Å². The number of ether oxygens (including phenoxy) is 1. The first-order valence-corrected chi connectivity index (χ1v) is 8.38. The van der Waals surface area contributed by atoms with Crippen LogP contribution in [0.15, 0.2) is 30.3 Å². The minimum atomic E-state index is -5.08. The van der Waals surface area contributed by atoms with Crippen molar-refractivity contribution in [3.63, 3.8) is 0 Å². The number of aryl methyl sites for hydroxylation is 2. The van der Waals surface area contributed by atoms with Crippen molar-refractivity contribution in [2.75, 3.05) is 12.4 Å². The number of carbonyl (C=O) groups is 1. The molecule has 2 rings (SSSR count). The number of alkyl halides is 3. The van der Waals surface area contributed by atoms with Crippen molar-refractivity contribution in [2.45, 2.75) is 25.6 Å². The van der Waals surface area contributed by atoms with Gasteiger partial charge in [-0.2, -0.15) is 13.2 Å². The number of anilines is 1. The SMILES string of the molecule is COC(=O)[C@@](Nc1ccc(Cl)c(Cl)c1)(c1cc(C)c(O)c(C)c1)C(F)(F)F. The molecule has 2 aromatic carbocycles. The van der Waals surface area contributed by atoms with E-state index in [1.807, 2.05) is 0 Å². The molecule has 0 bridgehead atoms. The number of phenols is 1. The van der Waals surface area contributed by atoms with Crippen LogP contribution in [0.5, 0.6) is 5.75 Å². The van der Waals surface area contributed by atoms with Crippen molar-refractivity contribution in [2.24, 2.45) is 0 Å². The number of esters is 1. The van der Waals surface area contributed by atoms with Crippen LogP contribution in [0.25, 0.3) is 0 Å². The number of methoxy groups -OCH3 is 1. The third-order valence-corrected chi connectivity index (χ3v) is 4.83. The quantitative estimate of drug-likeness (QED) is 0.652. The molecule has 0 spiro atoms. The molecule has 0 aliphatic rings. The van der Waals surface area contributed by atoms with Gasteiger partial charge in [0.15, 0.2) is 0 Å². The standard InChI is InChI=1S/C18H16Cl2F3NO3/c1-9-6-11(7-10(2)15(9)25)17(16(26)27-3,18(21,22)23)24-12-4-5-13(19)14(20)8-12/h4-8,24-25H,1-3H3/t17-/m0/s1. The van der Waals surface area contributed by atoms with Crippen LogP contribution in [-0.2, 0) is 15.1 Å². The first kappa shape index (κ1) is 21.2. The van der Waals surface area contributed by atoms with Crippen LogP contribution in [0, 0.1) is 13.8 Å². The number of rotatable bonds is 4. The first-order chi connectivity index (χ1) is 12.4. The van der Waals surface area contributed by atoms with E-state index in [4.69, 9.17) is 23.2 Å². The van der Waals surface area contributed by atoms with Gasteiger partial charge in [0, 0.05) is 5.69 Å². The lowest BCUT2D eigenvalue weighted by molar-refractivity contribution is -0.201. The van der Waals surface area contributed by atoms with Gasteiger partial charge in [0.25, 0.3) is 5.54 Å². The normalized spacial score (nSPS) is 13.8. The van der Waals surface area contributed by atoms with E-state index in [1.54, 1.807) is 0 Å². The van der Waals surface area contributed by atoms with Gasteiger partial charge in [-0.25, -0.2) is 4.79 Å². The second kappa shape index (κ2) is 7.48. The summed E-state index contributed by atoms with van der Waals surface area (Å²) in [6.07, 6.45) is -5.08. The second-order valence-corrected chi connectivity index (χ2v) is 6.77. The van der Waals surface area contributed by atoms with Crippen molar-refractivity contribution >= 4 is 34.9 Å². The second-order valence-electron chi connectivity index (χ2n) is 5.95. The summed E-state index contributed by atoms with van der Waals surface area (Å²) in [5.74, 6) is -1.72. The summed E-state index contributed by atoms with van der Waals surface area (Å²) in [5, 5.41) is 12.3. The fraction of sp³-hybridized carbons (Fsp3) is 0.278. The monoisotopic (exact) mass is 421 g/mol. The molecule has 0 unspecified atom stereocenters. The minimum Gasteiger partial charge on any atom is -0.507 e. The summed E-state index contributed by atoms with van der Waals surface area (Å²) in [4.78, 5) is 12.4. The molecule has 0 saturated heterocycles. The molecule has 2 aromatic rings. The molecular formula is C18H16Cl2F3NO3. The maximum atomic E-state index is 14.2. The van der Waals surface area contributed by atoms with E-state index in [-0.39, 0.29) is 32.6 Å². The summed E-state index contributed by atoms with van der Waals surface area (Å²) in [5.41, 5.74) is -3.38. The van der Waals surface area contributed by atoms with Crippen LogP contribution < -0.4 is 5.32 Å². The van der Waals surface area contributed by atoms with E-state index in [0.29, 0.717) is 0 Å². The largest absolute Gasteiger partial charge is 0.507 e. The van der Waals surface area contributed by atoms with E-state index in [2.05, 4.69) is 10.1 Å². The highest BCUT2D eigenvalue weighted by Crippen LogP contribution is 2.45. The molecule has 2 N–H and O–H groups in total. The molecule has 0 aromatic heterocycles. The third-order valence-electron chi connectivity index (χ3n) is 4.09. The van der Waals surface area contributed by atoms with Crippen LogP contribution >= 0.6 is 23.2 Å². The van der Waals surface area contributed by atoms with Crippen LogP contribution in [-0.4, -0.2) is 24.4 Å². The predicted octanol–water partition coefficient (Wildman–Crippen LogP) is 5.36. The molecule has 0 aliphatic heterocycles. The molecule has 1 atom stereocenters. The number of hydrogen-bond acceptors (Lipinski definition) is 4. The van der Waals surface area contributed by atoms with E-state index in [0.717, 1.165) is 19.2 Å². The zero-order valence-corrected chi connectivity index (χ0v) is 16.1. The summed E-state index contributed by atoms with van der Waals surface area (Å²) in [7, 11) is 0.861. The fourth-order valence-electron chi connectivity index (χ4n) is 2.71. The summed E-state index contributed by atoms with van der Waals surface area (Å²) in [6, 6.07) is 5.90. The number of carbonyl (C=O) groups excluding carboxylic acids is 1.